The molecule has 16 heavy (non-hydrogen) atoms. The van der Waals surface area contributed by atoms with Crippen LogP contribution in [0, 0.1) is 0 Å². The van der Waals surface area contributed by atoms with Gasteiger partial charge in [0.25, 0.3) is 0 Å². The first-order valence-electron chi connectivity index (χ1n) is 5.19. The van der Waals surface area contributed by atoms with Gasteiger partial charge in [0.15, 0.2) is 0 Å². The van der Waals surface area contributed by atoms with Gasteiger partial charge in [0.05, 0.1) is 30.3 Å². The van der Waals surface area contributed by atoms with Gasteiger partial charge in [-0.2, -0.15) is 0 Å². The number of carbonyl (C=O) groups is 1. The van der Waals surface area contributed by atoms with E-state index in [0.717, 1.165) is 11.8 Å². The fourth-order valence-corrected chi connectivity index (χ4v) is 1.94. The van der Waals surface area contributed by atoms with Crippen LogP contribution in [-0.4, -0.2) is 26.1 Å². The molecular weight excluding hydrogens is 228 g/mol. The van der Waals surface area contributed by atoms with Gasteiger partial charge < -0.3 is 14.3 Å². The summed E-state index contributed by atoms with van der Waals surface area (Å²) in [5.41, 5.74) is 0.385. The van der Waals surface area contributed by atoms with Gasteiger partial charge in [-0.25, -0.2) is 0 Å². The molecule has 0 atom stereocenters. The van der Waals surface area contributed by atoms with Crippen molar-refractivity contribution in [2.75, 3.05) is 19.8 Å². The Morgan fingerprint density at radius 3 is 2.75 bits per heavy atom. The number of aldehydes is 1. The van der Waals surface area contributed by atoms with E-state index in [1.165, 1.54) is 0 Å². The van der Waals surface area contributed by atoms with E-state index in [0.29, 0.717) is 30.6 Å². The van der Waals surface area contributed by atoms with Crippen LogP contribution < -0.4 is 4.74 Å². The number of carbonyl (C=O) groups excluding carboxylic acids is 1. The third-order valence-corrected chi connectivity index (χ3v) is 3.05. The summed E-state index contributed by atoms with van der Waals surface area (Å²) in [5, 5.41) is 0.535. The Labute approximate surface area is 99.3 Å². The van der Waals surface area contributed by atoms with Crippen molar-refractivity contribution in [1.82, 2.24) is 0 Å². The van der Waals surface area contributed by atoms with Gasteiger partial charge in [-0.1, -0.05) is 17.7 Å². The van der Waals surface area contributed by atoms with Crippen LogP contribution in [0.4, 0.5) is 0 Å². The lowest BCUT2D eigenvalue weighted by molar-refractivity contribution is -0.129. The Kier molecular flexibility index (Phi) is 3.17. The van der Waals surface area contributed by atoms with Crippen molar-refractivity contribution in [2.24, 2.45) is 0 Å². The van der Waals surface area contributed by atoms with Crippen molar-refractivity contribution >= 4 is 17.9 Å². The molecule has 2 rings (SSSR count). The summed E-state index contributed by atoms with van der Waals surface area (Å²) >= 11 is 6.07. The number of ether oxygens (including phenoxy) is 2. The molecule has 1 heterocycles. The highest BCUT2D eigenvalue weighted by Crippen LogP contribution is 2.35. The summed E-state index contributed by atoms with van der Waals surface area (Å²) in [5.74, 6) is 0.647. The maximum absolute atomic E-state index is 11.1. The summed E-state index contributed by atoms with van der Waals surface area (Å²) in [6.07, 6.45) is 0.933. The van der Waals surface area contributed by atoms with E-state index >= 15 is 0 Å². The van der Waals surface area contributed by atoms with E-state index < -0.39 is 5.41 Å². The average Bonchev–Trinajstić information content (AvgIpc) is 2.21. The van der Waals surface area contributed by atoms with Crippen molar-refractivity contribution in [2.45, 2.75) is 12.3 Å². The highest BCUT2D eigenvalue weighted by Gasteiger charge is 2.40. The summed E-state index contributed by atoms with van der Waals surface area (Å²) in [6.45, 7) is 3.33. The predicted molar refractivity (Wildman–Crippen MR) is 61.2 cm³/mol. The third-order valence-electron chi connectivity index (χ3n) is 2.75. The lowest BCUT2D eigenvalue weighted by Crippen LogP contribution is -2.48. The summed E-state index contributed by atoms with van der Waals surface area (Å²) < 4.78 is 10.4. The van der Waals surface area contributed by atoms with Crippen molar-refractivity contribution < 1.29 is 14.3 Å². The van der Waals surface area contributed by atoms with Crippen LogP contribution in [0.5, 0.6) is 5.75 Å². The highest BCUT2D eigenvalue weighted by atomic mass is 35.5. The van der Waals surface area contributed by atoms with Gasteiger partial charge in [0.2, 0.25) is 0 Å². The van der Waals surface area contributed by atoms with Gasteiger partial charge in [0.1, 0.15) is 12.0 Å². The van der Waals surface area contributed by atoms with Crippen LogP contribution in [0.15, 0.2) is 18.2 Å². The van der Waals surface area contributed by atoms with E-state index in [-0.39, 0.29) is 0 Å². The molecule has 1 aromatic rings. The largest absolute Gasteiger partial charge is 0.492 e. The molecule has 0 unspecified atom stereocenters. The minimum absolute atomic E-state index is 0.431. The molecule has 1 aliphatic heterocycles. The molecule has 4 heteroatoms. The molecular formula is C12H13ClO3. The fourth-order valence-electron chi connectivity index (χ4n) is 1.71. The zero-order valence-electron chi connectivity index (χ0n) is 9.03. The lowest BCUT2D eigenvalue weighted by atomic mass is 9.80. The minimum Gasteiger partial charge on any atom is -0.492 e. The summed E-state index contributed by atoms with van der Waals surface area (Å²) in [7, 11) is 0. The monoisotopic (exact) mass is 240 g/mol. The molecule has 0 N–H and O–H groups in total. The first-order valence-corrected chi connectivity index (χ1v) is 5.56. The van der Waals surface area contributed by atoms with Crippen LogP contribution in [0.25, 0.3) is 0 Å². The van der Waals surface area contributed by atoms with Crippen molar-refractivity contribution in [1.29, 1.82) is 0 Å². The first-order chi connectivity index (χ1) is 7.72. The van der Waals surface area contributed by atoms with Gasteiger partial charge in [-0.05, 0) is 24.6 Å². The predicted octanol–water partition coefficient (Wildman–Crippen LogP) is 2.21. The van der Waals surface area contributed by atoms with E-state index in [9.17, 15) is 4.79 Å². The average molecular weight is 241 g/mol. The maximum Gasteiger partial charge on any atom is 0.137 e. The first kappa shape index (κ1) is 11.4. The quantitative estimate of drug-likeness (QED) is 0.757. The number of hydrogen-bond acceptors (Lipinski definition) is 3. The fraction of sp³-hybridized carbons (Fsp3) is 0.417. The van der Waals surface area contributed by atoms with Crippen molar-refractivity contribution in [3.8, 4) is 5.75 Å². The van der Waals surface area contributed by atoms with E-state index in [1.54, 1.807) is 12.1 Å². The molecule has 0 aliphatic carbocycles. The van der Waals surface area contributed by atoms with Gasteiger partial charge in [-0.3, -0.25) is 0 Å². The molecule has 1 saturated heterocycles. The minimum atomic E-state index is -0.506. The molecule has 1 fully saturated rings. The van der Waals surface area contributed by atoms with E-state index in [2.05, 4.69) is 0 Å². The van der Waals surface area contributed by atoms with Gasteiger partial charge in [0, 0.05) is 0 Å². The molecule has 1 aromatic carbocycles. The second kappa shape index (κ2) is 4.44. The van der Waals surface area contributed by atoms with Crippen LogP contribution in [0.1, 0.15) is 12.5 Å². The van der Waals surface area contributed by atoms with Crippen LogP contribution >= 0.6 is 11.6 Å². The number of rotatable bonds is 4. The third kappa shape index (κ3) is 1.81. The Morgan fingerprint density at radius 2 is 2.31 bits per heavy atom. The molecule has 0 amide bonds. The number of halogens is 1. The zero-order valence-corrected chi connectivity index (χ0v) is 9.79. The van der Waals surface area contributed by atoms with Crippen LogP contribution in [0.3, 0.4) is 0 Å². The highest BCUT2D eigenvalue weighted by molar-refractivity contribution is 6.32. The van der Waals surface area contributed by atoms with Crippen molar-refractivity contribution in [3.05, 3.63) is 28.8 Å². The molecule has 1 aliphatic rings. The zero-order chi connectivity index (χ0) is 11.6. The molecule has 0 aromatic heterocycles. The van der Waals surface area contributed by atoms with E-state index in [1.807, 2.05) is 13.0 Å². The SMILES string of the molecule is CCOc1ccc(C2(C=O)COC2)cc1Cl. The lowest BCUT2D eigenvalue weighted by Gasteiger charge is -2.36. The Hall–Kier alpha value is -1.06. The molecule has 0 bridgehead atoms. The molecule has 3 nitrogen and oxygen atoms in total. The normalized spacial score (nSPS) is 17.6. The Morgan fingerprint density at radius 1 is 1.56 bits per heavy atom. The molecule has 0 spiro atoms. The number of hydrogen-bond donors (Lipinski definition) is 0. The van der Waals surface area contributed by atoms with Gasteiger partial charge >= 0.3 is 0 Å². The number of benzene rings is 1. The Balaban J connectivity index is 2.30. The van der Waals surface area contributed by atoms with E-state index in [4.69, 9.17) is 21.1 Å². The van der Waals surface area contributed by atoms with Gasteiger partial charge in [-0.15, -0.1) is 0 Å². The molecule has 0 radical (unpaired) electrons. The van der Waals surface area contributed by atoms with Crippen LogP contribution in [-0.2, 0) is 14.9 Å². The second-order valence-corrected chi connectivity index (χ2v) is 4.25. The maximum atomic E-state index is 11.1. The molecule has 86 valence electrons. The molecule has 0 saturated carbocycles. The van der Waals surface area contributed by atoms with Crippen LogP contribution in [0.2, 0.25) is 5.02 Å². The van der Waals surface area contributed by atoms with Crippen molar-refractivity contribution in [3.63, 3.8) is 0 Å². The smallest absolute Gasteiger partial charge is 0.137 e. The summed E-state index contributed by atoms with van der Waals surface area (Å²) in [6, 6.07) is 5.45. The Bertz CT molecular complexity index is 399. The second-order valence-electron chi connectivity index (χ2n) is 3.85. The summed E-state index contributed by atoms with van der Waals surface area (Å²) in [4.78, 5) is 11.1. The topological polar surface area (TPSA) is 35.5 Å². The standard InChI is InChI=1S/C12H13ClO3/c1-2-16-11-4-3-9(5-10(11)13)12(6-14)7-15-8-12/h3-6H,2,7-8H2,1H3.